The predicted molar refractivity (Wildman–Crippen MR) is 183 cm³/mol. The Hall–Kier alpha value is -5.00. The second-order valence-electron chi connectivity index (χ2n) is 12.0. The summed E-state index contributed by atoms with van der Waals surface area (Å²) in [5, 5.41) is 1.06. The molecule has 3 aromatic carbocycles. The van der Waals surface area contributed by atoms with Crippen molar-refractivity contribution < 1.29 is 19.1 Å². The molecule has 0 aliphatic carbocycles. The topological polar surface area (TPSA) is 112 Å². The van der Waals surface area contributed by atoms with Crippen molar-refractivity contribution >= 4 is 34.2 Å². The minimum atomic E-state index is -0.257. The molecule has 248 valence electrons. The number of imidazole rings is 1. The number of rotatable bonds is 11. The summed E-state index contributed by atoms with van der Waals surface area (Å²) in [7, 11) is 0. The molecule has 0 saturated carbocycles. The Morgan fingerprint density at radius 1 is 0.979 bits per heavy atom. The number of carbonyl (C=O) groups is 2. The molecule has 0 N–H and O–H groups in total. The minimum Gasteiger partial charge on any atom is -0.489 e. The molecule has 11 nitrogen and oxygen atoms in total. The van der Waals surface area contributed by atoms with Crippen molar-refractivity contribution in [3.8, 4) is 17.2 Å². The standard InChI is InChI=1S/C36H37ClN6O5/c1-24(2)48-33-13-8-26(32(44)20-41-19-25(3)38-23-41)18-31(33)43-34(39-30-7-5-4-6-29(30)36(43)46)21-40-14-16-42(17-15-40)35(45)22-47-28-11-9-27(37)10-12-28/h4-13,18-19,23-24H,14-17,20-22H2,1-3H3. The highest BCUT2D eigenvalue weighted by Gasteiger charge is 2.25. The van der Waals surface area contributed by atoms with Crippen LogP contribution in [0.5, 0.6) is 11.5 Å². The normalized spacial score (nSPS) is 13.6. The second-order valence-corrected chi connectivity index (χ2v) is 12.5. The van der Waals surface area contributed by atoms with Crippen LogP contribution in [-0.2, 0) is 17.9 Å². The maximum absolute atomic E-state index is 14.2. The van der Waals surface area contributed by atoms with Gasteiger partial charge in [-0.1, -0.05) is 23.7 Å². The molecule has 5 aromatic rings. The first kappa shape index (κ1) is 32.9. The number of Topliss-reactive ketones (excluding diaryl/α,β-unsaturated/α-hetero) is 1. The van der Waals surface area contributed by atoms with Crippen LogP contribution in [-0.4, -0.2) is 79.5 Å². The van der Waals surface area contributed by atoms with Crippen LogP contribution in [0.25, 0.3) is 16.6 Å². The molecule has 1 saturated heterocycles. The van der Waals surface area contributed by atoms with E-state index in [4.69, 9.17) is 26.1 Å². The number of nitrogens with zero attached hydrogens (tertiary/aromatic N) is 6. The van der Waals surface area contributed by atoms with Crippen molar-refractivity contribution in [2.45, 2.75) is 40.0 Å². The van der Waals surface area contributed by atoms with Gasteiger partial charge in [-0.2, -0.15) is 0 Å². The van der Waals surface area contributed by atoms with Crippen LogP contribution < -0.4 is 15.0 Å². The van der Waals surface area contributed by atoms with Gasteiger partial charge in [-0.25, -0.2) is 9.97 Å². The molecule has 3 heterocycles. The number of para-hydroxylation sites is 1. The van der Waals surface area contributed by atoms with Gasteiger partial charge in [-0.15, -0.1) is 0 Å². The average Bonchev–Trinajstić information content (AvgIpc) is 3.49. The zero-order chi connectivity index (χ0) is 33.8. The van der Waals surface area contributed by atoms with Crippen molar-refractivity contribution in [1.82, 2.24) is 28.9 Å². The third-order valence-corrected chi connectivity index (χ3v) is 8.34. The lowest BCUT2D eigenvalue weighted by Crippen LogP contribution is -2.50. The van der Waals surface area contributed by atoms with Crippen LogP contribution in [0.3, 0.4) is 0 Å². The number of benzene rings is 3. The molecular weight excluding hydrogens is 632 g/mol. The van der Waals surface area contributed by atoms with Gasteiger partial charge in [-0.05, 0) is 75.4 Å². The minimum absolute atomic E-state index is 0.0679. The summed E-state index contributed by atoms with van der Waals surface area (Å²) in [6.07, 6.45) is 3.26. The summed E-state index contributed by atoms with van der Waals surface area (Å²) in [6.45, 7) is 8.23. The van der Waals surface area contributed by atoms with E-state index in [1.165, 1.54) is 0 Å². The quantitative estimate of drug-likeness (QED) is 0.182. The van der Waals surface area contributed by atoms with E-state index < -0.39 is 0 Å². The molecular formula is C36H37ClN6O5. The summed E-state index contributed by atoms with van der Waals surface area (Å²) < 4.78 is 15.1. The van der Waals surface area contributed by atoms with E-state index in [2.05, 4.69) is 9.88 Å². The van der Waals surface area contributed by atoms with Crippen molar-refractivity contribution in [3.63, 3.8) is 0 Å². The Labute approximate surface area is 283 Å². The van der Waals surface area contributed by atoms with Gasteiger partial charge in [0, 0.05) is 43.0 Å². The molecule has 0 bridgehead atoms. The number of halogens is 1. The number of aromatic nitrogens is 4. The maximum atomic E-state index is 14.2. The van der Waals surface area contributed by atoms with Crippen molar-refractivity contribution in [1.29, 1.82) is 0 Å². The van der Waals surface area contributed by atoms with Gasteiger partial charge in [0.05, 0.1) is 47.8 Å². The Balaban J connectivity index is 1.27. The smallest absolute Gasteiger partial charge is 0.266 e. The maximum Gasteiger partial charge on any atom is 0.266 e. The number of fused-ring (bicyclic) bond motifs is 1. The first-order chi connectivity index (χ1) is 23.1. The molecule has 1 aliphatic rings. The fraction of sp³-hybridized carbons (Fsp3) is 0.306. The monoisotopic (exact) mass is 668 g/mol. The fourth-order valence-corrected chi connectivity index (χ4v) is 5.82. The number of piperazine rings is 1. The van der Waals surface area contributed by atoms with E-state index in [1.807, 2.05) is 39.1 Å². The van der Waals surface area contributed by atoms with Crippen LogP contribution in [0.1, 0.15) is 35.7 Å². The summed E-state index contributed by atoms with van der Waals surface area (Å²) in [5.41, 5.74) is 2.02. The van der Waals surface area contributed by atoms with Crippen molar-refractivity contribution in [3.05, 3.63) is 112 Å². The molecule has 12 heteroatoms. The zero-order valence-electron chi connectivity index (χ0n) is 27.1. The first-order valence-corrected chi connectivity index (χ1v) is 16.2. The van der Waals surface area contributed by atoms with Gasteiger partial charge in [0.2, 0.25) is 0 Å². The number of carbonyl (C=O) groups excluding carboxylic acids is 2. The average molecular weight is 669 g/mol. The molecule has 1 fully saturated rings. The van der Waals surface area contributed by atoms with Crippen LogP contribution in [0.2, 0.25) is 5.02 Å². The number of amides is 1. The number of hydrogen-bond acceptors (Lipinski definition) is 8. The number of aryl methyl sites for hydroxylation is 1. The van der Waals surface area contributed by atoms with Crippen LogP contribution >= 0.6 is 11.6 Å². The van der Waals surface area contributed by atoms with Crippen LogP contribution in [0.15, 0.2) is 84.0 Å². The largest absolute Gasteiger partial charge is 0.489 e. The lowest BCUT2D eigenvalue weighted by atomic mass is 10.1. The fourth-order valence-electron chi connectivity index (χ4n) is 5.69. The predicted octanol–water partition coefficient (Wildman–Crippen LogP) is 4.94. The molecule has 0 atom stereocenters. The highest BCUT2D eigenvalue weighted by molar-refractivity contribution is 6.30. The van der Waals surface area contributed by atoms with Gasteiger partial charge >= 0.3 is 0 Å². The van der Waals surface area contributed by atoms with E-state index in [1.54, 1.807) is 75.0 Å². The molecule has 0 spiro atoms. The number of ketones is 1. The first-order valence-electron chi connectivity index (χ1n) is 15.9. The summed E-state index contributed by atoms with van der Waals surface area (Å²) in [4.78, 5) is 53.7. The Morgan fingerprint density at radius 2 is 1.73 bits per heavy atom. The van der Waals surface area contributed by atoms with Crippen LogP contribution in [0.4, 0.5) is 0 Å². The van der Waals surface area contributed by atoms with Gasteiger partial charge < -0.3 is 18.9 Å². The molecule has 1 amide bonds. The Kier molecular flexibility index (Phi) is 9.88. The Bertz CT molecular complexity index is 2000. The van der Waals surface area contributed by atoms with E-state index in [0.717, 1.165) is 5.69 Å². The van der Waals surface area contributed by atoms with Gasteiger partial charge in [0.25, 0.3) is 11.5 Å². The zero-order valence-corrected chi connectivity index (χ0v) is 27.9. The number of ether oxygens (including phenoxy) is 2. The third-order valence-electron chi connectivity index (χ3n) is 8.08. The van der Waals surface area contributed by atoms with Crippen molar-refractivity contribution in [2.24, 2.45) is 0 Å². The van der Waals surface area contributed by atoms with Crippen molar-refractivity contribution in [2.75, 3.05) is 32.8 Å². The molecule has 48 heavy (non-hydrogen) atoms. The molecule has 2 aromatic heterocycles. The van der Waals surface area contributed by atoms with E-state index in [-0.39, 0.29) is 36.5 Å². The molecule has 1 aliphatic heterocycles. The van der Waals surface area contributed by atoms with E-state index in [0.29, 0.717) is 77.2 Å². The summed E-state index contributed by atoms with van der Waals surface area (Å²) >= 11 is 5.94. The highest BCUT2D eigenvalue weighted by atomic mass is 35.5. The second kappa shape index (κ2) is 14.4. The summed E-state index contributed by atoms with van der Waals surface area (Å²) in [6, 6.07) is 19.3. The van der Waals surface area contributed by atoms with Crippen LogP contribution in [0, 0.1) is 6.92 Å². The lowest BCUT2D eigenvalue weighted by Gasteiger charge is -2.34. The molecule has 6 rings (SSSR count). The number of hydrogen-bond donors (Lipinski definition) is 0. The molecule has 0 unspecified atom stereocenters. The Morgan fingerprint density at radius 3 is 2.44 bits per heavy atom. The van der Waals surface area contributed by atoms with E-state index >= 15 is 0 Å². The third kappa shape index (κ3) is 7.58. The SMILES string of the molecule is Cc1cn(CC(=O)c2ccc(OC(C)C)c(-n3c(CN4CCN(C(=O)COc5ccc(Cl)cc5)CC4)nc4ccccc4c3=O)c2)cn1. The highest BCUT2D eigenvalue weighted by Crippen LogP contribution is 2.28. The lowest BCUT2D eigenvalue weighted by molar-refractivity contribution is -0.135. The summed E-state index contributed by atoms with van der Waals surface area (Å²) in [5.74, 6) is 1.32. The van der Waals surface area contributed by atoms with Gasteiger partial charge in [0.15, 0.2) is 12.4 Å². The molecule has 0 radical (unpaired) electrons. The van der Waals surface area contributed by atoms with Gasteiger partial charge in [0.1, 0.15) is 17.3 Å². The van der Waals surface area contributed by atoms with E-state index in [9.17, 15) is 14.4 Å². The van der Waals surface area contributed by atoms with Gasteiger partial charge in [-0.3, -0.25) is 23.9 Å².